The van der Waals surface area contributed by atoms with Gasteiger partial charge < -0.3 is 10.1 Å². The average molecular weight is 376 g/mol. The van der Waals surface area contributed by atoms with Crippen LogP contribution in [0.2, 0.25) is 5.02 Å². The van der Waals surface area contributed by atoms with Gasteiger partial charge >= 0.3 is 0 Å². The molecule has 1 aliphatic rings. The second-order valence-corrected chi connectivity index (χ2v) is 6.12. The number of non-ortho nitro benzene ring substituents is 1. The van der Waals surface area contributed by atoms with E-state index in [1.165, 1.54) is 17.0 Å². The highest BCUT2D eigenvalue weighted by Crippen LogP contribution is 2.34. The van der Waals surface area contributed by atoms with E-state index in [0.29, 0.717) is 27.7 Å². The van der Waals surface area contributed by atoms with Crippen LogP contribution in [0.3, 0.4) is 0 Å². The van der Waals surface area contributed by atoms with Gasteiger partial charge in [-0.15, -0.1) is 0 Å². The number of hydrogen-bond acceptors (Lipinski definition) is 5. The largest absolute Gasteiger partial charge is 0.482 e. The zero-order valence-electron chi connectivity index (χ0n) is 13.7. The molecular formula is C17H14ClN3O5. The summed E-state index contributed by atoms with van der Waals surface area (Å²) in [7, 11) is 0. The number of ether oxygens (including phenoxy) is 1. The number of hydrogen-bond donors (Lipinski definition) is 1. The molecule has 0 unspecified atom stereocenters. The molecule has 0 aromatic heterocycles. The maximum Gasteiger partial charge on any atom is 0.271 e. The standard InChI is InChI=1S/C17H14ClN3O5/c1-10-2-4-12(21(24)25)7-13(10)19-16(22)8-20-14-6-11(18)3-5-15(14)26-9-17(20)23/h2-7H,8-9H2,1H3,(H,19,22). The minimum atomic E-state index is -0.543. The van der Waals surface area contributed by atoms with Gasteiger partial charge in [-0.25, -0.2) is 0 Å². The van der Waals surface area contributed by atoms with Crippen LogP contribution in [0.25, 0.3) is 0 Å². The maximum absolute atomic E-state index is 12.4. The molecular weight excluding hydrogens is 362 g/mol. The van der Waals surface area contributed by atoms with Gasteiger partial charge in [0.2, 0.25) is 5.91 Å². The average Bonchev–Trinajstić information content (AvgIpc) is 2.59. The molecule has 1 heterocycles. The third-order valence-corrected chi connectivity index (χ3v) is 4.11. The first-order valence-corrected chi connectivity index (χ1v) is 8.00. The summed E-state index contributed by atoms with van der Waals surface area (Å²) in [6.07, 6.45) is 0. The van der Waals surface area contributed by atoms with Gasteiger partial charge in [0.1, 0.15) is 12.3 Å². The van der Waals surface area contributed by atoms with E-state index in [2.05, 4.69) is 5.32 Å². The first-order valence-electron chi connectivity index (χ1n) is 7.63. The lowest BCUT2D eigenvalue weighted by molar-refractivity contribution is -0.384. The molecule has 0 aliphatic carbocycles. The summed E-state index contributed by atoms with van der Waals surface area (Å²) in [5.41, 5.74) is 1.25. The molecule has 1 N–H and O–H groups in total. The van der Waals surface area contributed by atoms with Crippen LogP contribution in [0.5, 0.6) is 5.75 Å². The molecule has 0 spiro atoms. The number of amides is 2. The van der Waals surface area contributed by atoms with Gasteiger partial charge in [-0.1, -0.05) is 17.7 Å². The molecule has 2 aromatic carbocycles. The number of fused-ring (bicyclic) bond motifs is 1. The molecule has 0 saturated heterocycles. The molecule has 0 saturated carbocycles. The minimum Gasteiger partial charge on any atom is -0.482 e. The Morgan fingerprint density at radius 2 is 2.12 bits per heavy atom. The van der Waals surface area contributed by atoms with Crippen molar-refractivity contribution in [3.05, 3.63) is 57.1 Å². The number of aryl methyl sites for hydroxylation is 1. The molecule has 3 rings (SSSR count). The molecule has 0 radical (unpaired) electrons. The van der Waals surface area contributed by atoms with Crippen LogP contribution in [0.4, 0.5) is 17.1 Å². The Bertz CT molecular complexity index is 915. The number of rotatable bonds is 4. The summed E-state index contributed by atoms with van der Waals surface area (Å²) in [4.78, 5) is 36.2. The highest BCUT2D eigenvalue weighted by molar-refractivity contribution is 6.31. The van der Waals surface area contributed by atoms with Gasteiger partial charge in [-0.2, -0.15) is 0 Å². The topological polar surface area (TPSA) is 102 Å². The third kappa shape index (κ3) is 3.60. The number of carbonyl (C=O) groups is 2. The van der Waals surface area contributed by atoms with E-state index in [1.54, 1.807) is 31.2 Å². The molecule has 9 heteroatoms. The Morgan fingerprint density at radius 1 is 1.35 bits per heavy atom. The number of nitro benzene ring substituents is 1. The van der Waals surface area contributed by atoms with E-state index in [9.17, 15) is 19.7 Å². The van der Waals surface area contributed by atoms with Crippen LogP contribution in [0.15, 0.2) is 36.4 Å². The predicted octanol–water partition coefficient (Wildman–Crippen LogP) is 2.92. The lowest BCUT2D eigenvalue weighted by atomic mass is 10.1. The number of nitrogens with zero attached hydrogens (tertiary/aromatic N) is 2. The Labute approximate surface area is 153 Å². The van der Waals surface area contributed by atoms with E-state index in [4.69, 9.17) is 16.3 Å². The number of anilines is 2. The third-order valence-electron chi connectivity index (χ3n) is 3.87. The Kier molecular flexibility index (Phi) is 4.77. The fraction of sp³-hybridized carbons (Fsp3) is 0.176. The monoisotopic (exact) mass is 375 g/mol. The van der Waals surface area contributed by atoms with Crippen molar-refractivity contribution in [2.75, 3.05) is 23.4 Å². The molecule has 134 valence electrons. The van der Waals surface area contributed by atoms with E-state index in [1.807, 2.05) is 0 Å². The molecule has 2 amide bonds. The van der Waals surface area contributed by atoms with Gasteiger partial charge in [-0.05, 0) is 30.7 Å². The zero-order valence-corrected chi connectivity index (χ0v) is 14.4. The number of nitro groups is 1. The van der Waals surface area contributed by atoms with Gasteiger partial charge in [0.15, 0.2) is 6.61 Å². The molecule has 26 heavy (non-hydrogen) atoms. The van der Waals surface area contributed by atoms with Crippen LogP contribution in [0.1, 0.15) is 5.56 Å². The first-order chi connectivity index (χ1) is 12.3. The quantitative estimate of drug-likeness (QED) is 0.654. The lowest BCUT2D eigenvalue weighted by Gasteiger charge is -2.29. The molecule has 8 nitrogen and oxygen atoms in total. The zero-order chi connectivity index (χ0) is 18.8. The summed E-state index contributed by atoms with van der Waals surface area (Å²) in [5, 5.41) is 13.9. The van der Waals surface area contributed by atoms with Gasteiger partial charge in [0.05, 0.1) is 16.3 Å². The molecule has 0 bridgehead atoms. The highest BCUT2D eigenvalue weighted by atomic mass is 35.5. The summed E-state index contributed by atoms with van der Waals surface area (Å²) in [6, 6.07) is 8.97. The van der Waals surface area contributed by atoms with Crippen molar-refractivity contribution in [3.8, 4) is 5.75 Å². The van der Waals surface area contributed by atoms with Crippen LogP contribution in [-0.2, 0) is 9.59 Å². The fourth-order valence-electron chi connectivity index (χ4n) is 2.54. The summed E-state index contributed by atoms with van der Waals surface area (Å²) in [5.74, 6) is -0.422. The Hall–Kier alpha value is -3.13. The number of halogens is 1. The number of carbonyl (C=O) groups excluding carboxylic acids is 2. The molecule has 0 fully saturated rings. The van der Waals surface area contributed by atoms with Gasteiger partial charge in [0, 0.05) is 17.2 Å². The van der Waals surface area contributed by atoms with Crippen molar-refractivity contribution in [2.45, 2.75) is 6.92 Å². The Balaban J connectivity index is 1.81. The van der Waals surface area contributed by atoms with Crippen molar-refractivity contribution < 1.29 is 19.2 Å². The predicted molar refractivity (Wildman–Crippen MR) is 95.8 cm³/mol. The van der Waals surface area contributed by atoms with Crippen molar-refractivity contribution in [1.82, 2.24) is 0 Å². The van der Waals surface area contributed by atoms with Crippen LogP contribution in [-0.4, -0.2) is 29.9 Å². The van der Waals surface area contributed by atoms with Crippen molar-refractivity contribution >= 4 is 40.5 Å². The minimum absolute atomic E-state index is 0.134. The van der Waals surface area contributed by atoms with Crippen molar-refractivity contribution in [3.63, 3.8) is 0 Å². The lowest BCUT2D eigenvalue weighted by Crippen LogP contribution is -2.43. The van der Waals surface area contributed by atoms with Crippen LogP contribution < -0.4 is 15.0 Å². The van der Waals surface area contributed by atoms with Gasteiger partial charge in [-0.3, -0.25) is 24.6 Å². The Morgan fingerprint density at radius 3 is 2.85 bits per heavy atom. The first kappa shape index (κ1) is 17.7. The fourth-order valence-corrected chi connectivity index (χ4v) is 2.71. The normalized spacial score (nSPS) is 13.0. The van der Waals surface area contributed by atoms with Crippen LogP contribution in [0, 0.1) is 17.0 Å². The SMILES string of the molecule is Cc1ccc([N+](=O)[O-])cc1NC(=O)CN1C(=O)COc2ccc(Cl)cc21. The second-order valence-electron chi connectivity index (χ2n) is 5.69. The van der Waals surface area contributed by atoms with E-state index >= 15 is 0 Å². The molecule has 1 aliphatic heterocycles. The van der Waals surface area contributed by atoms with Crippen molar-refractivity contribution in [1.29, 1.82) is 0 Å². The maximum atomic E-state index is 12.4. The smallest absolute Gasteiger partial charge is 0.271 e. The summed E-state index contributed by atoms with van der Waals surface area (Å²) < 4.78 is 5.33. The molecule has 2 aromatic rings. The number of nitrogens with one attached hydrogen (secondary N) is 1. The van der Waals surface area contributed by atoms with E-state index in [-0.39, 0.29) is 24.7 Å². The summed E-state index contributed by atoms with van der Waals surface area (Å²) >= 11 is 5.97. The van der Waals surface area contributed by atoms with Crippen molar-refractivity contribution in [2.24, 2.45) is 0 Å². The second kappa shape index (κ2) is 7.01. The molecule has 0 atom stereocenters. The van der Waals surface area contributed by atoms with Gasteiger partial charge in [0.25, 0.3) is 11.6 Å². The van der Waals surface area contributed by atoms with E-state index < -0.39 is 10.8 Å². The van der Waals surface area contributed by atoms with Crippen LogP contribution >= 0.6 is 11.6 Å². The summed E-state index contributed by atoms with van der Waals surface area (Å²) in [6.45, 7) is 1.27. The van der Waals surface area contributed by atoms with E-state index in [0.717, 1.165) is 0 Å². The highest BCUT2D eigenvalue weighted by Gasteiger charge is 2.27. The number of benzene rings is 2.